The fraction of sp³-hybridized carbons (Fsp3) is 0.250. The molecule has 2 aromatic rings. The number of aromatic nitrogens is 1. The Balaban J connectivity index is 2.22. The first-order valence-corrected chi connectivity index (χ1v) is 6.91. The topological polar surface area (TPSA) is 112 Å². The summed E-state index contributed by atoms with van der Waals surface area (Å²) in [6.07, 6.45) is 1.44. The van der Waals surface area contributed by atoms with E-state index >= 15 is 0 Å². The van der Waals surface area contributed by atoms with Crippen molar-refractivity contribution in [2.45, 2.75) is 20.1 Å². The molecule has 0 radical (unpaired) electrons. The summed E-state index contributed by atoms with van der Waals surface area (Å²) in [6, 6.07) is 4.58. The summed E-state index contributed by atoms with van der Waals surface area (Å²) in [5, 5.41) is 31.9. The van der Waals surface area contributed by atoms with E-state index in [1.807, 2.05) is 0 Å². The van der Waals surface area contributed by atoms with Crippen molar-refractivity contribution in [1.29, 1.82) is 0 Å². The van der Waals surface area contributed by atoms with Crippen molar-refractivity contribution in [3.8, 4) is 17.2 Å². The van der Waals surface area contributed by atoms with E-state index in [2.05, 4.69) is 10.3 Å². The van der Waals surface area contributed by atoms with E-state index in [0.717, 1.165) is 0 Å². The number of rotatable bonds is 5. The zero-order valence-electron chi connectivity index (χ0n) is 12.8. The number of amides is 1. The van der Waals surface area contributed by atoms with Gasteiger partial charge in [-0.3, -0.25) is 9.78 Å². The average molecular weight is 318 g/mol. The summed E-state index contributed by atoms with van der Waals surface area (Å²) in [6.45, 7) is 1.30. The van der Waals surface area contributed by atoms with Gasteiger partial charge in [0.05, 0.1) is 25.0 Å². The minimum Gasteiger partial charge on any atom is -0.506 e. The molecule has 4 N–H and O–H groups in total. The van der Waals surface area contributed by atoms with E-state index in [1.165, 1.54) is 25.4 Å². The second-order valence-electron chi connectivity index (χ2n) is 4.89. The van der Waals surface area contributed by atoms with Crippen molar-refractivity contribution in [2.75, 3.05) is 7.11 Å². The van der Waals surface area contributed by atoms with Crippen molar-refractivity contribution in [3.63, 3.8) is 0 Å². The van der Waals surface area contributed by atoms with E-state index in [9.17, 15) is 20.1 Å². The molecule has 0 unspecified atom stereocenters. The van der Waals surface area contributed by atoms with E-state index in [1.54, 1.807) is 13.0 Å². The number of carbonyl (C=O) groups excluding carboxylic acids is 1. The van der Waals surface area contributed by atoms with Gasteiger partial charge in [-0.25, -0.2) is 0 Å². The monoisotopic (exact) mass is 318 g/mol. The van der Waals surface area contributed by atoms with Crippen LogP contribution in [0.25, 0.3) is 0 Å². The molecule has 0 spiro atoms. The molecule has 122 valence electrons. The number of benzene rings is 1. The molecule has 0 atom stereocenters. The van der Waals surface area contributed by atoms with Crippen LogP contribution in [0.5, 0.6) is 17.2 Å². The third-order valence-electron chi connectivity index (χ3n) is 3.49. The van der Waals surface area contributed by atoms with Crippen LogP contribution in [0, 0.1) is 6.92 Å². The number of ether oxygens (including phenoxy) is 1. The number of aliphatic hydroxyl groups excluding tert-OH is 1. The van der Waals surface area contributed by atoms with E-state index in [0.29, 0.717) is 16.8 Å². The second kappa shape index (κ2) is 6.97. The summed E-state index contributed by atoms with van der Waals surface area (Å²) < 4.78 is 4.96. The van der Waals surface area contributed by atoms with Crippen molar-refractivity contribution in [2.24, 2.45) is 0 Å². The van der Waals surface area contributed by atoms with Gasteiger partial charge < -0.3 is 25.4 Å². The SMILES string of the molecule is COc1cccc(C(=O)NCc2c(CO)cnc(C)c2O)c1O. The van der Waals surface area contributed by atoms with E-state index in [-0.39, 0.29) is 36.0 Å². The molecule has 0 aliphatic rings. The third kappa shape index (κ3) is 3.35. The largest absolute Gasteiger partial charge is 0.506 e. The highest BCUT2D eigenvalue weighted by Gasteiger charge is 2.17. The Morgan fingerprint density at radius 2 is 2.04 bits per heavy atom. The molecule has 7 heteroatoms. The molecule has 23 heavy (non-hydrogen) atoms. The standard InChI is InChI=1S/C16H18N2O5/c1-9-14(20)12(10(8-19)6-17-9)7-18-16(22)11-4-3-5-13(23-2)15(11)21/h3-6,19-21H,7-8H2,1-2H3,(H,18,22). The van der Waals surface area contributed by atoms with Gasteiger partial charge >= 0.3 is 0 Å². The van der Waals surface area contributed by atoms with Crippen molar-refractivity contribution >= 4 is 5.91 Å². The average Bonchev–Trinajstić information content (AvgIpc) is 2.56. The lowest BCUT2D eigenvalue weighted by Crippen LogP contribution is -2.24. The van der Waals surface area contributed by atoms with Crippen LogP contribution in [0.1, 0.15) is 27.2 Å². The fourth-order valence-electron chi connectivity index (χ4n) is 2.15. The number of nitrogens with one attached hydrogen (secondary N) is 1. The maximum absolute atomic E-state index is 12.2. The first-order chi connectivity index (χ1) is 11.0. The van der Waals surface area contributed by atoms with Gasteiger partial charge in [0, 0.05) is 23.9 Å². The molecule has 0 fully saturated rings. The van der Waals surface area contributed by atoms with Gasteiger partial charge in [-0.15, -0.1) is 0 Å². The van der Waals surface area contributed by atoms with Crippen LogP contribution >= 0.6 is 0 Å². The Labute approximate surface area is 133 Å². The number of phenols is 1. The lowest BCUT2D eigenvalue weighted by molar-refractivity contribution is 0.0947. The van der Waals surface area contributed by atoms with Crippen LogP contribution in [0.15, 0.2) is 24.4 Å². The first kappa shape index (κ1) is 16.6. The van der Waals surface area contributed by atoms with Crippen LogP contribution in [0.2, 0.25) is 0 Å². The van der Waals surface area contributed by atoms with Crippen molar-refractivity contribution in [1.82, 2.24) is 10.3 Å². The molecule has 2 rings (SSSR count). The number of aromatic hydroxyl groups is 2. The Morgan fingerprint density at radius 1 is 1.30 bits per heavy atom. The molecule has 0 aliphatic heterocycles. The summed E-state index contributed by atoms with van der Waals surface area (Å²) in [5.41, 5.74) is 1.26. The molecule has 7 nitrogen and oxygen atoms in total. The summed E-state index contributed by atoms with van der Waals surface area (Å²) in [7, 11) is 1.39. The number of methoxy groups -OCH3 is 1. The number of hydrogen-bond donors (Lipinski definition) is 4. The summed E-state index contributed by atoms with van der Waals surface area (Å²) >= 11 is 0. The van der Waals surface area contributed by atoms with Gasteiger partial charge in [0.1, 0.15) is 5.75 Å². The molecule has 0 aliphatic carbocycles. The van der Waals surface area contributed by atoms with Crippen LogP contribution in [0.3, 0.4) is 0 Å². The van der Waals surface area contributed by atoms with Crippen molar-refractivity contribution < 1.29 is 24.9 Å². The Bertz CT molecular complexity index is 731. The smallest absolute Gasteiger partial charge is 0.255 e. The van der Waals surface area contributed by atoms with Crippen LogP contribution in [-0.2, 0) is 13.2 Å². The van der Waals surface area contributed by atoms with E-state index in [4.69, 9.17) is 4.74 Å². The maximum atomic E-state index is 12.2. The number of phenolic OH excluding ortho intramolecular Hbond substituents is 1. The lowest BCUT2D eigenvalue weighted by Gasteiger charge is -2.13. The molecule has 1 aromatic heterocycles. The van der Waals surface area contributed by atoms with Crippen LogP contribution in [-0.4, -0.2) is 33.3 Å². The fourth-order valence-corrected chi connectivity index (χ4v) is 2.15. The maximum Gasteiger partial charge on any atom is 0.255 e. The molecule has 1 aromatic carbocycles. The zero-order chi connectivity index (χ0) is 17.0. The Morgan fingerprint density at radius 3 is 2.70 bits per heavy atom. The number of aryl methyl sites for hydroxylation is 1. The highest BCUT2D eigenvalue weighted by Crippen LogP contribution is 2.29. The quantitative estimate of drug-likeness (QED) is 0.660. The zero-order valence-corrected chi connectivity index (χ0v) is 12.8. The van der Waals surface area contributed by atoms with Gasteiger partial charge in [0.2, 0.25) is 0 Å². The summed E-state index contributed by atoms with van der Waals surface area (Å²) in [4.78, 5) is 16.2. The van der Waals surface area contributed by atoms with Crippen LogP contribution in [0.4, 0.5) is 0 Å². The highest BCUT2D eigenvalue weighted by atomic mass is 16.5. The predicted molar refractivity (Wildman–Crippen MR) is 82.4 cm³/mol. The number of aliphatic hydroxyl groups is 1. The Kier molecular flexibility index (Phi) is 5.02. The number of carbonyl (C=O) groups is 1. The predicted octanol–water partition coefficient (Wildman–Crippen LogP) is 1.23. The normalized spacial score (nSPS) is 10.4. The van der Waals surface area contributed by atoms with Gasteiger partial charge in [-0.1, -0.05) is 6.07 Å². The van der Waals surface area contributed by atoms with Gasteiger partial charge in [-0.05, 0) is 19.1 Å². The number of hydrogen-bond acceptors (Lipinski definition) is 6. The third-order valence-corrected chi connectivity index (χ3v) is 3.49. The number of pyridine rings is 1. The van der Waals surface area contributed by atoms with Gasteiger partial charge in [0.15, 0.2) is 11.5 Å². The summed E-state index contributed by atoms with van der Waals surface area (Å²) in [5.74, 6) is -0.674. The van der Waals surface area contributed by atoms with Crippen molar-refractivity contribution in [3.05, 3.63) is 46.8 Å². The molecule has 0 saturated carbocycles. The van der Waals surface area contributed by atoms with E-state index < -0.39 is 5.91 Å². The molecule has 1 amide bonds. The number of nitrogens with zero attached hydrogens (tertiary/aromatic N) is 1. The minimum atomic E-state index is -0.529. The molecule has 1 heterocycles. The molecule has 0 bridgehead atoms. The molecule has 0 saturated heterocycles. The molecular formula is C16H18N2O5. The van der Waals surface area contributed by atoms with Crippen LogP contribution < -0.4 is 10.1 Å². The second-order valence-corrected chi connectivity index (χ2v) is 4.89. The number of para-hydroxylation sites is 1. The Hall–Kier alpha value is -2.80. The van der Waals surface area contributed by atoms with Gasteiger partial charge in [-0.2, -0.15) is 0 Å². The minimum absolute atomic E-state index is 0.0133. The first-order valence-electron chi connectivity index (χ1n) is 6.91. The highest BCUT2D eigenvalue weighted by molar-refractivity contribution is 5.97. The van der Waals surface area contributed by atoms with Gasteiger partial charge in [0.25, 0.3) is 5.91 Å². The lowest BCUT2D eigenvalue weighted by atomic mass is 10.1. The molecular weight excluding hydrogens is 300 g/mol.